The maximum atomic E-state index is 15.1. The molecule has 1 aliphatic carbocycles. The minimum absolute atomic E-state index is 0.0383. The molecule has 2 atom stereocenters. The van der Waals surface area contributed by atoms with E-state index in [1.807, 2.05) is 5.32 Å². The van der Waals surface area contributed by atoms with Crippen molar-refractivity contribution in [3.63, 3.8) is 0 Å². The van der Waals surface area contributed by atoms with E-state index in [9.17, 15) is 31.9 Å². The van der Waals surface area contributed by atoms with Gasteiger partial charge in [-0.1, -0.05) is 23.2 Å². The van der Waals surface area contributed by atoms with Crippen LogP contribution in [0.3, 0.4) is 0 Å². The number of aryl methyl sites for hydroxylation is 1. The molecule has 0 heterocycles. The van der Waals surface area contributed by atoms with Crippen LogP contribution in [0.5, 0.6) is 0 Å². The van der Waals surface area contributed by atoms with E-state index in [2.05, 4.69) is 10.6 Å². The molecular formula is C30H25Cl3F5N3O4. The van der Waals surface area contributed by atoms with Gasteiger partial charge in [0, 0.05) is 11.6 Å². The Bertz CT molecular complexity index is 1690. The van der Waals surface area contributed by atoms with Gasteiger partial charge in [-0.05, 0) is 75.7 Å². The summed E-state index contributed by atoms with van der Waals surface area (Å²) < 4.78 is 72.8. The van der Waals surface area contributed by atoms with Crippen molar-refractivity contribution in [2.75, 3.05) is 16.0 Å². The molecule has 1 aliphatic rings. The highest BCUT2D eigenvalue weighted by atomic mass is 35.5. The maximum absolute atomic E-state index is 15.1. The summed E-state index contributed by atoms with van der Waals surface area (Å²) in [5, 5.41) is 6.62. The van der Waals surface area contributed by atoms with Crippen molar-refractivity contribution in [1.82, 2.24) is 0 Å². The third kappa shape index (κ3) is 7.79. The average Bonchev–Trinajstić information content (AvgIpc) is 3.49. The number of anilines is 3. The van der Waals surface area contributed by atoms with E-state index in [4.69, 9.17) is 39.5 Å². The highest BCUT2D eigenvalue weighted by Crippen LogP contribution is 2.65. The van der Waals surface area contributed by atoms with Gasteiger partial charge in [-0.3, -0.25) is 14.9 Å². The van der Waals surface area contributed by atoms with Gasteiger partial charge < -0.3 is 15.4 Å². The van der Waals surface area contributed by atoms with E-state index in [0.29, 0.717) is 5.56 Å². The number of ether oxygens (including phenoxy) is 1. The third-order valence-electron chi connectivity index (χ3n) is 6.57. The summed E-state index contributed by atoms with van der Waals surface area (Å²) in [5.41, 5.74) is -3.00. The summed E-state index contributed by atoms with van der Waals surface area (Å²) in [6, 6.07) is 8.80. The van der Waals surface area contributed by atoms with Gasteiger partial charge in [0.15, 0.2) is 5.82 Å². The van der Waals surface area contributed by atoms with E-state index in [1.54, 1.807) is 20.8 Å². The van der Waals surface area contributed by atoms with Gasteiger partial charge >= 0.3 is 12.3 Å². The van der Waals surface area contributed by atoms with Crippen LogP contribution in [0.1, 0.15) is 53.7 Å². The van der Waals surface area contributed by atoms with Crippen LogP contribution >= 0.6 is 34.8 Å². The third-order valence-corrected chi connectivity index (χ3v) is 7.84. The lowest BCUT2D eigenvalue weighted by atomic mass is 10.0. The average molecular weight is 693 g/mol. The van der Waals surface area contributed by atoms with Crippen LogP contribution in [-0.4, -0.2) is 27.8 Å². The molecule has 4 rings (SSSR count). The number of hydrogen-bond acceptors (Lipinski definition) is 4. The van der Waals surface area contributed by atoms with E-state index in [-0.39, 0.29) is 21.8 Å². The Morgan fingerprint density at radius 1 is 0.911 bits per heavy atom. The smallest absolute Gasteiger partial charge is 0.416 e. The summed E-state index contributed by atoms with van der Waals surface area (Å²) in [6.45, 7) is 6.13. The van der Waals surface area contributed by atoms with Gasteiger partial charge in [-0.25, -0.2) is 13.6 Å². The molecule has 0 saturated heterocycles. The summed E-state index contributed by atoms with van der Waals surface area (Å²) in [5.74, 6) is -6.23. The summed E-state index contributed by atoms with van der Waals surface area (Å²) >= 11 is 18.8. The predicted molar refractivity (Wildman–Crippen MR) is 161 cm³/mol. The quantitative estimate of drug-likeness (QED) is 0.177. The largest absolute Gasteiger partial charge is 0.444 e. The van der Waals surface area contributed by atoms with Crippen molar-refractivity contribution in [3.05, 3.63) is 87.4 Å². The first kappa shape index (κ1) is 34.3. The van der Waals surface area contributed by atoms with E-state index >= 15 is 4.39 Å². The number of amides is 3. The number of carbonyl (C=O) groups excluding carboxylic acids is 3. The van der Waals surface area contributed by atoms with Crippen LogP contribution in [0.2, 0.25) is 5.02 Å². The number of benzene rings is 3. The van der Waals surface area contributed by atoms with E-state index < -0.39 is 74.4 Å². The monoisotopic (exact) mass is 691 g/mol. The lowest BCUT2D eigenvalue weighted by Crippen LogP contribution is -2.28. The predicted octanol–water partition coefficient (Wildman–Crippen LogP) is 9.07. The zero-order valence-corrected chi connectivity index (χ0v) is 26.2. The first-order valence-electron chi connectivity index (χ1n) is 13.2. The molecule has 240 valence electrons. The zero-order valence-electron chi connectivity index (χ0n) is 23.9. The van der Waals surface area contributed by atoms with Gasteiger partial charge in [-0.2, -0.15) is 13.2 Å². The highest BCUT2D eigenvalue weighted by molar-refractivity contribution is 6.53. The van der Waals surface area contributed by atoms with Crippen molar-refractivity contribution in [1.29, 1.82) is 0 Å². The SMILES string of the molecule is Cc1cc(C2C(C(=O)Nc3ccc(Cl)c(C(=O)Nc4ccc(F)c(NC(=O)OC(C)(C)C)c4F)c3)C2(Cl)Cl)cc(C(F)(F)F)c1. The van der Waals surface area contributed by atoms with Gasteiger partial charge in [0.05, 0.1) is 27.8 Å². The maximum Gasteiger partial charge on any atom is 0.416 e. The molecule has 0 aromatic heterocycles. The molecule has 3 N–H and O–H groups in total. The second-order valence-electron chi connectivity index (χ2n) is 11.3. The van der Waals surface area contributed by atoms with Crippen molar-refractivity contribution < 1.29 is 41.1 Å². The molecule has 0 radical (unpaired) electrons. The van der Waals surface area contributed by atoms with Crippen molar-refractivity contribution in [2.45, 2.75) is 49.7 Å². The van der Waals surface area contributed by atoms with Crippen LogP contribution in [0, 0.1) is 24.5 Å². The fraction of sp³-hybridized carbons (Fsp3) is 0.300. The second kappa shape index (κ2) is 12.3. The minimum Gasteiger partial charge on any atom is -0.444 e. The fourth-order valence-electron chi connectivity index (χ4n) is 4.58. The summed E-state index contributed by atoms with van der Waals surface area (Å²) in [4.78, 5) is 38.2. The molecule has 1 fully saturated rings. The molecule has 3 aromatic carbocycles. The van der Waals surface area contributed by atoms with Gasteiger partial charge in [0.2, 0.25) is 5.91 Å². The normalized spacial score (nSPS) is 17.3. The number of halogens is 8. The molecule has 2 unspecified atom stereocenters. The van der Waals surface area contributed by atoms with Crippen molar-refractivity contribution in [3.8, 4) is 0 Å². The standard InChI is InChI=1S/C30H25Cl3F5N3O4/c1-13-9-14(11-15(10-13)30(36,37)38)21-22(29(21,32)33)26(43)39-16-5-6-18(31)17(12-16)25(42)40-20-8-7-19(34)24(23(20)35)41-27(44)45-28(2,3)4/h5-12,21-22H,1-4H3,(H,39,43)(H,40,42)(H,41,44). The first-order valence-corrected chi connectivity index (χ1v) is 14.3. The molecule has 0 bridgehead atoms. The molecule has 0 spiro atoms. The number of nitrogens with one attached hydrogen (secondary N) is 3. The Kier molecular flexibility index (Phi) is 9.36. The number of hydrogen-bond donors (Lipinski definition) is 3. The van der Waals surface area contributed by atoms with Crippen molar-refractivity contribution in [2.24, 2.45) is 5.92 Å². The molecule has 1 saturated carbocycles. The van der Waals surface area contributed by atoms with Crippen LogP contribution < -0.4 is 16.0 Å². The Hall–Kier alpha value is -3.61. The molecule has 45 heavy (non-hydrogen) atoms. The number of rotatable bonds is 6. The molecule has 3 aromatic rings. The highest BCUT2D eigenvalue weighted by Gasteiger charge is 2.67. The second-order valence-corrected chi connectivity index (χ2v) is 13.2. The first-order chi connectivity index (χ1) is 20.7. The van der Waals surface area contributed by atoms with Crippen molar-refractivity contribution >= 4 is 69.8 Å². The van der Waals surface area contributed by atoms with Crippen LogP contribution in [0.15, 0.2) is 48.5 Å². The summed E-state index contributed by atoms with van der Waals surface area (Å²) in [6.07, 6.45) is -5.75. The van der Waals surface area contributed by atoms with Crippen LogP contribution in [-0.2, 0) is 15.7 Å². The Morgan fingerprint density at radius 2 is 1.58 bits per heavy atom. The van der Waals surface area contributed by atoms with Crippen LogP contribution in [0.4, 0.5) is 43.8 Å². The Balaban J connectivity index is 1.52. The molecule has 0 aliphatic heterocycles. The summed E-state index contributed by atoms with van der Waals surface area (Å²) in [7, 11) is 0. The molecule has 15 heteroatoms. The van der Waals surface area contributed by atoms with E-state index in [1.165, 1.54) is 25.1 Å². The number of carbonyl (C=O) groups is 3. The fourth-order valence-corrected chi connectivity index (χ4v) is 5.61. The van der Waals surface area contributed by atoms with Gasteiger partial charge in [0.25, 0.3) is 5.91 Å². The Morgan fingerprint density at radius 3 is 2.20 bits per heavy atom. The zero-order chi connectivity index (χ0) is 33.6. The van der Waals surface area contributed by atoms with Crippen LogP contribution in [0.25, 0.3) is 0 Å². The Labute approximate surface area is 269 Å². The molecular weight excluding hydrogens is 668 g/mol. The lowest BCUT2D eigenvalue weighted by Gasteiger charge is -2.20. The minimum atomic E-state index is -4.62. The molecule has 3 amide bonds. The topological polar surface area (TPSA) is 96.5 Å². The van der Waals surface area contributed by atoms with Gasteiger partial charge in [0.1, 0.15) is 21.4 Å². The number of alkyl halides is 5. The van der Waals surface area contributed by atoms with E-state index in [0.717, 1.165) is 30.3 Å². The van der Waals surface area contributed by atoms with Gasteiger partial charge in [-0.15, -0.1) is 23.2 Å². The molecule has 7 nitrogen and oxygen atoms in total. The lowest BCUT2D eigenvalue weighted by molar-refractivity contribution is -0.137.